The quantitative estimate of drug-likeness (QED) is 0.621. The maximum absolute atomic E-state index is 12.9. The molecule has 5 nitrogen and oxygen atoms in total. The van der Waals surface area contributed by atoms with Crippen molar-refractivity contribution < 1.29 is 9.53 Å². The van der Waals surface area contributed by atoms with E-state index in [1.54, 1.807) is 7.11 Å². The van der Waals surface area contributed by atoms with E-state index in [0.29, 0.717) is 0 Å². The number of carbonyl (C=O) groups excluding carboxylic acids is 1. The molecule has 2 aromatic carbocycles. The van der Waals surface area contributed by atoms with Gasteiger partial charge in [-0.1, -0.05) is 30.3 Å². The Kier molecular flexibility index (Phi) is 6.63. The molecular formula is C26H29N3O2. The van der Waals surface area contributed by atoms with Crippen molar-refractivity contribution in [1.82, 2.24) is 9.88 Å². The first-order valence-corrected chi connectivity index (χ1v) is 10.8. The molecule has 1 N–H and O–H groups in total. The van der Waals surface area contributed by atoms with Crippen molar-refractivity contribution >= 4 is 11.6 Å². The van der Waals surface area contributed by atoms with E-state index < -0.39 is 0 Å². The summed E-state index contributed by atoms with van der Waals surface area (Å²) < 4.78 is 5.31. The van der Waals surface area contributed by atoms with E-state index in [1.807, 2.05) is 61.5 Å². The molecule has 1 aromatic heterocycles. The van der Waals surface area contributed by atoms with E-state index >= 15 is 0 Å². The SMILES string of the molecule is COc1cccc(-c2ccc(NC(=O)[C@H]3CCCN(Cc4cccc(C)n4)C3)cc2)c1. The van der Waals surface area contributed by atoms with Gasteiger partial charge in [0, 0.05) is 24.5 Å². The molecule has 1 amide bonds. The molecule has 0 saturated carbocycles. The van der Waals surface area contributed by atoms with Gasteiger partial charge in [-0.05, 0) is 73.8 Å². The van der Waals surface area contributed by atoms with Crippen molar-refractivity contribution in [1.29, 1.82) is 0 Å². The summed E-state index contributed by atoms with van der Waals surface area (Å²) in [7, 11) is 1.67. The van der Waals surface area contributed by atoms with E-state index in [9.17, 15) is 4.79 Å². The first-order valence-electron chi connectivity index (χ1n) is 10.8. The Morgan fingerprint density at radius 2 is 1.90 bits per heavy atom. The lowest BCUT2D eigenvalue weighted by Gasteiger charge is -2.31. The van der Waals surface area contributed by atoms with Crippen LogP contribution >= 0.6 is 0 Å². The Balaban J connectivity index is 1.36. The summed E-state index contributed by atoms with van der Waals surface area (Å²) in [5.41, 5.74) is 5.10. The summed E-state index contributed by atoms with van der Waals surface area (Å²) >= 11 is 0. The van der Waals surface area contributed by atoms with Gasteiger partial charge >= 0.3 is 0 Å². The van der Waals surface area contributed by atoms with Gasteiger partial charge in [0.05, 0.1) is 18.7 Å². The summed E-state index contributed by atoms with van der Waals surface area (Å²) in [6, 6.07) is 22.1. The number of anilines is 1. The Hall–Kier alpha value is -3.18. The zero-order valence-corrected chi connectivity index (χ0v) is 18.2. The minimum atomic E-state index is -0.00313. The molecule has 0 spiro atoms. The summed E-state index contributed by atoms with van der Waals surface area (Å²) in [5, 5.41) is 3.10. The normalized spacial score (nSPS) is 16.6. The van der Waals surface area contributed by atoms with Gasteiger partial charge < -0.3 is 10.1 Å². The monoisotopic (exact) mass is 415 g/mol. The van der Waals surface area contributed by atoms with Crippen molar-refractivity contribution in [3.63, 3.8) is 0 Å². The number of ether oxygens (including phenoxy) is 1. The number of benzene rings is 2. The van der Waals surface area contributed by atoms with Crippen molar-refractivity contribution in [2.24, 2.45) is 5.92 Å². The third-order valence-electron chi connectivity index (χ3n) is 5.76. The summed E-state index contributed by atoms with van der Waals surface area (Å²) in [6.07, 6.45) is 1.95. The Bertz CT molecular complexity index is 1030. The zero-order chi connectivity index (χ0) is 21.6. The van der Waals surface area contributed by atoms with E-state index in [-0.39, 0.29) is 11.8 Å². The van der Waals surface area contributed by atoms with Crippen LogP contribution in [0.3, 0.4) is 0 Å². The van der Waals surface area contributed by atoms with E-state index in [4.69, 9.17) is 4.74 Å². The highest BCUT2D eigenvalue weighted by atomic mass is 16.5. The molecule has 1 aliphatic rings. The predicted molar refractivity (Wildman–Crippen MR) is 124 cm³/mol. The number of methoxy groups -OCH3 is 1. The van der Waals surface area contributed by atoms with E-state index in [2.05, 4.69) is 27.3 Å². The van der Waals surface area contributed by atoms with Crippen molar-refractivity contribution in [2.75, 3.05) is 25.5 Å². The average Bonchev–Trinajstić information content (AvgIpc) is 2.80. The van der Waals surface area contributed by atoms with Crippen LogP contribution in [0.2, 0.25) is 0 Å². The fourth-order valence-electron chi connectivity index (χ4n) is 4.12. The number of piperidine rings is 1. The van der Waals surface area contributed by atoms with Crippen LogP contribution < -0.4 is 10.1 Å². The van der Waals surface area contributed by atoms with Crippen LogP contribution in [0.4, 0.5) is 5.69 Å². The maximum atomic E-state index is 12.9. The van der Waals surface area contributed by atoms with Crippen LogP contribution in [0.25, 0.3) is 11.1 Å². The smallest absolute Gasteiger partial charge is 0.228 e. The summed E-state index contributed by atoms with van der Waals surface area (Å²) in [6.45, 7) is 4.58. The van der Waals surface area contributed by atoms with Gasteiger partial charge in [0.15, 0.2) is 0 Å². The second kappa shape index (κ2) is 9.75. The highest BCUT2D eigenvalue weighted by Gasteiger charge is 2.26. The first-order chi connectivity index (χ1) is 15.1. The minimum Gasteiger partial charge on any atom is -0.497 e. The molecule has 0 bridgehead atoms. The lowest BCUT2D eigenvalue weighted by atomic mass is 9.96. The van der Waals surface area contributed by atoms with Crippen LogP contribution in [0.5, 0.6) is 5.75 Å². The van der Waals surface area contributed by atoms with Crippen molar-refractivity contribution in [2.45, 2.75) is 26.3 Å². The van der Waals surface area contributed by atoms with Gasteiger partial charge in [0.25, 0.3) is 0 Å². The molecule has 2 heterocycles. The minimum absolute atomic E-state index is 0.00313. The third kappa shape index (κ3) is 5.50. The molecule has 5 heteroatoms. The third-order valence-corrected chi connectivity index (χ3v) is 5.76. The van der Waals surface area contributed by atoms with Gasteiger partial charge in [0.2, 0.25) is 5.91 Å². The van der Waals surface area contributed by atoms with Crippen LogP contribution in [0.15, 0.2) is 66.7 Å². The number of nitrogens with one attached hydrogen (secondary N) is 1. The van der Waals surface area contributed by atoms with Crippen LogP contribution in [0, 0.1) is 12.8 Å². The van der Waals surface area contributed by atoms with Gasteiger partial charge in [-0.3, -0.25) is 14.7 Å². The average molecular weight is 416 g/mol. The van der Waals surface area contributed by atoms with E-state index in [1.165, 1.54) is 0 Å². The molecular weight excluding hydrogens is 386 g/mol. The second-order valence-corrected chi connectivity index (χ2v) is 8.14. The number of likely N-dealkylation sites (tertiary alicyclic amines) is 1. The molecule has 1 aliphatic heterocycles. The van der Waals surface area contributed by atoms with Gasteiger partial charge in [-0.2, -0.15) is 0 Å². The van der Waals surface area contributed by atoms with Gasteiger partial charge in [0.1, 0.15) is 5.75 Å². The van der Waals surface area contributed by atoms with E-state index in [0.717, 1.165) is 66.4 Å². The fraction of sp³-hybridized carbons (Fsp3) is 0.308. The molecule has 1 saturated heterocycles. The summed E-state index contributed by atoms with van der Waals surface area (Å²) in [5.74, 6) is 0.922. The lowest BCUT2D eigenvalue weighted by Crippen LogP contribution is -2.40. The zero-order valence-electron chi connectivity index (χ0n) is 18.2. The molecule has 0 aliphatic carbocycles. The maximum Gasteiger partial charge on any atom is 0.228 e. The number of rotatable bonds is 6. The van der Waals surface area contributed by atoms with Crippen LogP contribution in [0.1, 0.15) is 24.2 Å². The van der Waals surface area contributed by atoms with Crippen LogP contribution in [-0.4, -0.2) is 36.0 Å². The number of nitrogens with zero attached hydrogens (tertiary/aromatic N) is 2. The number of hydrogen-bond donors (Lipinski definition) is 1. The predicted octanol–water partition coefficient (Wildman–Crippen LogP) is 4.92. The number of hydrogen-bond acceptors (Lipinski definition) is 4. The summed E-state index contributed by atoms with van der Waals surface area (Å²) in [4.78, 5) is 19.8. The Morgan fingerprint density at radius 1 is 1.10 bits per heavy atom. The highest BCUT2D eigenvalue weighted by Crippen LogP contribution is 2.26. The molecule has 160 valence electrons. The molecule has 0 radical (unpaired) electrons. The first kappa shape index (κ1) is 21.1. The highest BCUT2D eigenvalue weighted by molar-refractivity contribution is 5.93. The number of carbonyl (C=O) groups is 1. The topological polar surface area (TPSA) is 54.5 Å². The second-order valence-electron chi connectivity index (χ2n) is 8.14. The molecule has 0 unspecified atom stereocenters. The van der Waals surface area contributed by atoms with Crippen molar-refractivity contribution in [3.8, 4) is 16.9 Å². The number of aromatic nitrogens is 1. The van der Waals surface area contributed by atoms with Crippen molar-refractivity contribution in [3.05, 3.63) is 78.1 Å². The molecule has 31 heavy (non-hydrogen) atoms. The standard InChI is InChI=1S/C26H29N3O2/c1-19-6-3-9-24(27-19)18-29-15-5-8-22(17-29)26(30)28-23-13-11-20(12-14-23)21-7-4-10-25(16-21)31-2/h3-4,6-7,9-14,16,22H,5,8,15,17-18H2,1-2H3,(H,28,30)/t22-/m0/s1. The van der Waals surface area contributed by atoms with Gasteiger partial charge in [-0.25, -0.2) is 0 Å². The Labute approximate surface area is 184 Å². The lowest BCUT2D eigenvalue weighted by molar-refractivity contribution is -0.121. The fourth-order valence-corrected chi connectivity index (χ4v) is 4.12. The van der Waals surface area contributed by atoms with Gasteiger partial charge in [-0.15, -0.1) is 0 Å². The largest absolute Gasteiger partial charge is 0.497 e. The van der Waals surface area contributed by atoms with Crippen LogP contribution in [-0.2, 0) is 11.3 Å². The number of amides is 1. The molecule has 4 rings (SSSR count). The molecule has 3 aromatic rings. The molecule has 1 atom stereocenters. The number of aryl methyl sites for hydroxylation is 1. The number of pyridine rings is 1. The molecule has 1 fully saturated rings. The Morgan fingerprint density at radius 3 is 2.68 bits per heavy atom.